The van der Waals surface area contributed by atoms with Gasteiger partial charge in [-0.25, -0.2) is 0 Å². The van der Waals surface area contributed by atoms with Crippen LogP contribution in [0.1, 0.15) is 18.9 Å². The number of aryl methyl sites for hydroxylation is 1. The Bertz CT molecular complexity index is 479. The lowest BCUT2D eigenvalue weighted by Gasteiger charge is -2.04. The molecule has 0 radical (unpaired) electrons. The van der Waals surface area contributed by atoms with Gasteiger partial charge < -0.3 is 5.32 Å². The summed E-state index contributed by atoms with van der Waals surface area (Å²) < 4.78 is 0. The van der Waals surface area contributed by atoms with Crippen LogP contribution >= 0.6 is 0 Å². The Morgan fingerprint density at radius 1 is 1.18 bits per heavy atom. The summed E-state index contributed by atoms with van der Waals surface area (Å²) in [6.07, 6.45) is 4.70. The first-order chi connectivity index (χ1) is 8.29. The lowest BCUT2D eigenvalue weighted by Crippen LogP contribution is -2.02. The molecule has 1 N–H and O–H groups in total. The summed E-state index contributed by atoms with van der Waals surface area (Å²) >= 11 is 0. The van der Waals surface area contributed by atoms with Crippen LogP contribution < -0.4 is 5.32 Å². The zero-order valence-corrected chi connectivity index (χ0v) is 10.1. The molecule has 2 rings (SSSR count). The van der Waals surface area contributed by atoms with Gasteiger partial charge in [0.25, 0.3) is 0 Å². The number of nitrogens with one attached hydrogen (secondary N) is 1. The third-order valence-electron chi connectivity index (χ3n) is 2.39. The van der Waals surface area contributed by atoms with E-state index < -0.39 is 0 Å². The lowest BCUT2D eigenvalue weighted by molar-refractivity contribution is 0.945. The van der Waals surface area contributed by atoms with E-state index in [1.165, 1.54) is 0 Å². The monoisotopic (exact) mass is 228 g/mol. The van der Waals surface area contributed by atoms with E-state index >= 15 is 0 Å². The third-order valence-corrected chi connectivity index (χ3v) is 2.39. The molecule has 0 atom stereocenters. The van der Waals surface area contributed by atoms with Crippen molar-refractivity contribution in [3.8, 4) is 11.3 Å². The highest BCUT2D eigenvalue weighted by molar-refractivity contribution is 5.59. The Morgan fingerprint density at radius 2 is 2.06 bits per heavy atom. The molecule has 0 amide bonds. The molecule has 17 heavy (non-hydrogen) atoms. The molecule has 0 aliphatic carbocycles. The maximum absolute atomic E-state index is 4.19. The van der Waals surface area contributed by atoms with Crippen molar-refractivity contribution in [1.29, 1.82) is 0 Å². The van der Waals surface area contributed by atoms with Crippen LogP contribution in [0.15, 0.2) is 30.6 Å². The molecular formula is C13H16N4. The fourth-order valence-corrected chi connectivity index (χ4v) is 1.53. The average molecular weight is 228 g/mol. The number of rotatable bonds is 4. The van der Waals surface area contributed by atoms with Gasteiger partial charge in [-0.1, -0.05) is 6.92 Å². The largest absolute Gasteiger partial charge is 0.369 e. The van der Waals surface area contributed by atoms with Crippen molar-refractivity contribution >= 4 is 5.82 Å². The predicted octanol–water partition coefficient (Wildman–Crippen LogP) is 2.67. The molecule has 88 valence electrons. The summed E-state index contributed by atoms with van der Waals surface area (Å²) in [5, 5.41) is 11.5. The van der Waals surface area contributed by atoms with Crippen LogP contribution in [0.5, 0.6) is 0 Å². The minimum Gasteiger partial charge on any atom is -0.369 e. The van der Waals surface area contributed by atoms with E-state index in [1.54, 1.807) is 6.20 Å². The van der Waals surface area contributed by atoms with Gasteiger partial charge in [-0.3, -0.25) is 4.98 Å². The molecule has 0 saturated heterocycles. The van der Waals surface area contributed by atoms with E-state index in [9.17, 15) is 0 Å². The van der Waals surface area contributed by atoms with Gasteiger partial charge in [0.1, 0.15) is 5.82 Å². The topological polar surface area (TPSA) is 50.7 Å². The first-order valence-electron chi connectivity index (χ1n) is 5.79. The van der Waals surface area contributed by atoms with Crippen molar-refractivity contribution in [2.75, 3.05) is 11.9 Å². The van der Waals surface area contributed by atoms with Crippen molar-refractivity contribution < 1.29 is 0 Å². The van der Waals surface area contributed by atoms with Gasteiger partial charge in [-0.15, -0.1) is 10.2 Å². The molecule has 0 saturated carbocycles. The molecule has 0 aromatic carbocycles. The molecule has 2 heterocycles. The Balaban J connectivity index is 2.17. The van der Waals surface area contributed by atoms with Crippen LogP contribution in [-0.4, -0.2) is 21.7 Å². The molecular weight excluding hydrogens is 212 g/mol. The van der Waals surface area contributed by atoms with E-state index in [0.29, 0.717) is 0 Å². The van der Waals surface area contributed by atoms with Crippen molar-refractivity contribution in [1.82, 2.24) is 15.2 Å². The average Bonchev–Trinajstić information content (AvgIpc) is 2.37. The summed E-state index contributed by atoms with van der Waals surface area (Å²) in [6, 6.07) is 5.96. The minimum absolute atomic E-state index is 0.816. The predicted molar refractivity (Wildman–Crippen MR) is 68.8 cm³/mol. The Labute approximate surface area is 101 Å². The van der Waals surface area contributed by atoms with Crippen LogP contribution in [0.4, 0.5) is 5.82 Å². The van der Waals surface area contributed by atoms with E-state index in [4.69, 9.17) is 0 Å². The molecule has 0 aliphatic heterocycles. The van der Waals surface area contributed by atoms with Crippen LogP contribution in [0.2, 0.25) is 0 Å². The van der Waals surface area contributed by atoms with Gasteiger partial charge in [0.2, 0.25) is 0 Å². The van der Waals surface area contributed by atoms with Gasteiger partial charge in [-0.2, -0.15) is 0 Å². The van der Waals surface area contributed by atoms with Crippen molar-refractivity contribution in [2.45, 2.75) is 20.3 Å². The Hall–Kier alpha value is -1.97. The smallest absolute Gasteiger partial charge is 0.148 e. The molecule has 0 fully saturated rings. The number of nitrogens with zero attached hydrogens (tertiary/aromatic N) is 3. The molecule has 0 unspecified atom stereocenters. The van der Waals surface area contributed by atoms with E-state index in [-0.39, 0.29) is 0 Å². The van der Waals surface area contributed by atoms with Gasteiger partial charge in [-0.05, 0) is 37.1 Å². The van der Waals surface area contributed by atoms with Crippen LogP contribution in [-0.2, 0) is 0 Å². The van der Waals surface area contributed by atoms with Crippen molar-refractivity contribution in [3.05, 3.63) is 36.2 Å². The maximum Gasteiger partial charge on any atom is 0.148 e. The molecule has 4 heteroatoms. The third kappa shape index (κ3) is 3.00. The summed E-state index contributed by atoms with van der Waals surface area (Å²) in [5.41, 5.74) is 2.97. The molecule has 0 spiro atoms. The van der Waals surface area contributed by atoms with Gasteiger partial charge in [0, 0.05) is 24.5 Å². The summed E-state index contributed by atoms with van der Waals surface area (Å²) in [4.78, 5) is 4.15. The summed E-state index contributed by atoms with van der Waals surface area (Å²) in [5.74, 6) is 0.816. The minimum atomic E-state index is 0.816. The molecule has 4 nitrogen and oxygen atoms in total. The van der Waals surface area contributed by atoms with E-state index in [1.807, 2.05) is 25.3 Å². The standard InChI is InChI=1S/C13H16N4/c1-3-6-15-13-5-4-12(16-17-13)11-7-10(2)8-14-9-11/h4-5,7-9H,3,6H2,1-2H3,(H,15,17). The Morgan fingerprint density at radius 3 is 2.71 bits per heavy atom. The molecule has 0 aliphatic rings. The quantitative estimate of drug-likeness (QED) is 0.874. The highest BCUT2D eigenvalue weighted by Gasteiger charge is 2.01. The zero-order valence-electron chi connectivity index (χ0n) is 10.1. The second kappa shape index (κ2) is 5.39. The highest BCUT2D eigenvalue weighted by atomic mass is 15.2. The van der Waals surface area contributed by atoms with E-state index in [2.05, 4.69) is 33.5 Å². The number of hydrogen-bond acceptors (Lipinski definition) is 4. The molecule has 2 aromatic heterocycles. The Kier molecular flexibility index (Phi) is 3.65. The number of pyridine rings is 1. The van der Waals surface area contributed by atoms with Crippen LogP contribution in [0, 0.1) is 6.92 Å². The van der Waals surface area contributed by atoms with Crippen LogP contribution in [0.3, 0.4) is 0 Å². The van der Waals surface area contributed by atoms with Gasteiger partial charge in [0.05, 0.1) is 5.69 Å². The summed E-state index contributed by atoms with van der Waals surface area (Å²) in [7, 11) is 0. The van der Waals surface area contributed by atoms with Crippen LogP contribution in [0.25, 0.3) is 11.3 Å². The number of anilines is 1. The first kappa shape index (κ1) is 11.5. The first-order valence-corrected chi connectivity index (χ1v) is 5.79. The SMILES string of the molecule is CCCNc1ccc(-c2cncc(C)c2)nn1. The highest BCUT2D eigenvalue weighted by Crippen LogP contribution is 2.16. The lowest BCUT2D eigenvalue weighted by atomic mass is 10.1. The normalized spacial score (nSPS) is 10.2. The zero-order chi connectivity index (χ0) is 12.1. The van der Waals surface area contributed by atoms with E-state index in [0.717, 1.165) is 35.6 Å². The second-order valence-corrected chi connectivity index (χ2v) is 3.98. The maximum atomic E-state index is 4.19. The van der Waals surface area contributed by atoms with Gasteiger partial charge in [0.15, 0.2) is 0 Å². The van der Waals surface area contributed by atoms with Crippen molar-refractivity contribution in [3.63, 3.8) is 0 Å². The number of hydrogen-bond donors (Lipinski definition) is 1. The number of aromatic nitrogens is 3. The van der Waals surface area contributed by atoms with Gasteiger partial charge >= 0.3 is 0 Å². The molecule has 2 aromatic rings. The fraction of sp³-hybridized carbons (Fsp3) is 0.308. The van der Waals surface area contributed by atoms with Crippen molar-refractivity contribution in [2.24, 2.45) is 0 Å². The second-order valence-electron chi connectivity index (χ2n) is 3.98. The summed E-state index contributed by atoms with van der Waals surface area (Å²) in [6.45, 7) is 5.05. The fourth-order valence-electron chi connectivity index (χ4n) is 1.53. The molecule has 0 bridgehead atoms.